The molecule has 1 aromatic rings. The fraction of sp³-hybridized carbons (Fsp3) is 0.467. The second kappa shape index (κ2) is 8.19. The minimum absolute atomic E-state index is 0.127. The zero-order valence-electron chi connectivity index (χ0n) is 12.2. The van der Waals surface area contributed by atoms with Crippen molar-refractivity contribution < 1.29 is 19.1 Å². The second-order valence-electron chi connectivity index (χ2n) is 4.26. The van der Waals surface area contributed by atoms with Crippen molar-refractivity contribution in [1.29, 1.82) is 0 Å². The summed E-state index contributed by atoms with van der Waals surface area (Å²) in [4.78, 5) is 25.1. The van der Waals surface area contributed by atoms with E-state index in [1.165, 1.54) is 4.90 Å². The van der Waals surface area contributed by atoms with Crippen LogP contribution in [-0.2, 0) is 14.3 Å². The van der Waals surface area contributed by atoms with Crippen molar-refractivity contribution in [1.82, 2.24) is 0 Å². The van der Waals surface area contributed by atoms with Crippen molar-refractivity contribution in [3.8, 4) is 0 Å². The molecule has 1 amide bonds. The molecule has 1 unspecified atom stereocenters. The molecule has 20 heavy (non-hydrogen) atoms. The summed E-state index contributed by atoms with van der Waals surface area (Å²) in [5.74, 6) is -0.328. The predicted molar refractivity (Wildman–Crippen MR) is 76.7 cm³/mol. The van der Waals surface area contributed by atoms with Crippen LogP contribution in [0, 0.1) is 0 Å². The molecule has 1 aromatic carbocycles. The first-order chi connectivity index (χ1) is 9.60. The van der Waals surface area contributed by atoms with Gasteiger partial charge in [0.05, 0.1) is 19.6 Å². The van der Waals surface area contributed by atoms with Gasteiger partial charge in [-0.2, -0.15) is 0 Å². The molecule has 0 radical (unpaired) electrons. The maximum absolute atomic E-state index is 12.1. The topological polar surface area (TPSA) is 55.8 Å². The van der Waals surface area contributed by atoms with E-state index in [1.807, 2.05) is 18.2 Å². The van der Waals surface area contributed by atoms with Gasteiger partial charge in [-0.15, -0.1) is 0 Å². The molecule has 0 aliphatic rings. The van der Waals surface area contributed by atoms with Crippen LogP contribution < -0.4 is 4.90 Å². The van der Waals surface area contributed by atoms with Crippen molar-refractivity contribution in [3.63, 3.8) is 0 Å². The van der Waals surface area contributed by atoms with Crippen LogP contribution in [0.4, 0.5) is 10.5 Å². The van der Waals surface area contributed by atoms with Crippen LogP contribution >= 0.6 is 0 Å². The fourth-order valence-corrected chi connectivity index (χ4v) is 1.87. The highest BCUT2D eigenvalue weighted by Crippen LogP contribution is 2.19. The maximum Gasteiger partial charge on any atom is 0.414 e. The largest absolute Gasteiger partial charge is 0.466 e. The Kier molecular flexibility index (Phi) is 6.56. The van der Waals surface area contributed by atoms with Crippen LogP contribution in [-0.4, -0.2) is 31.3 Å². The third-order valence-electron chi connectivity index (χ3n) is 2.71. The molecule has 0 bridgehead atoms. The highest BCUT2D eigenvalue weighted by molar-refractivity contribution is 5.89. The third kappa shape index (κ3) is 4.57. The lowest BCUT2D eigenvalue weighted by atomic mass is 10.2. The first-order valence-corrected chi connectivity index (χ1v) is 6.76. The molecule has 0 saturated carbocycles. The Bertz CT molecular complexity index is 433. The number of esters is 1. The number of hydrogen-bond acceptors (Lipinski definition) is 4. The van der Waals surface area contributed by atoms with Crippen molar-refractivity contribution in [2.24, 2.45) is 0 Å². The number of hydrogen-bond donors (Lipinski definition) is 0. The summed E-state index contributed by atoms with van der Waals surface area (Å²) in [6.07, 6.45) is -0.336. The van der Waals surface area contributed by atoms with Crippen molar-refractivity contribution in [3.05, 3.63) is 30.3 Å². The molecule has 5 heteroatoms. The molecule has 0 aliphatic carbocycles. The zero-order valence-corrected chi connectivity index (χ0v) is 12.2. The molecule has 0 saturated heterocycles. The standard InChI is InChI=1S/C15H21NO4/c1-4-19-14(17)11-12(3)16(15(18)20-5-2)13-9-7-6-8-10-13/h6-10,12H,4-5,11H2,1-3H3. The quantitative estimate of drug-likeness (QED) is 0.751. The van der Waals surface area contributed by atoms with Gasteiger partial charge in [0.1, 0.15) is 0 Å². The van der Waals surface area contributed by atoms with E-state index in [-0.39, 0.29) is 25.0 Å². The minimum Gasteiger partial charge on any atom is -0.466 e. The van der Waals surface area contributed by atoms with E-state index in [2.05, 4.69) is 0 Å². The number of nitrogens with zero attached hydrogens (tertiary/aromatic N) is 1. The van der Waals surface area contributed by atoms with E-state index in [9.17, 15) is 9.59 Å². The lowest BCUT2D eigenvalue weighted by Gasteiger charge is -2.27. The van der Waals surface area contributed by atoms with Crippen LogP contribution in [0.25, 0.3) is 0 Å². The molecule has 1 rings (SSSR count). The number of carbonyl (C=O) groups is 2. The Morgan fingerprint density at radius 3 is 2.25 bits per heavy atom. The number of benzene rings is 1. The average Bonchev–Trinajstić information content (AvgIpc) is 2.40. The van der Waals surface area contributed by atoms with Crippen LogP contribution in [0.5, 0.6) is 0 Å². The van der Waals surface area contributed by atoms with Crippen LogP contribution in [0.2, 0.25) is 0 Å². The normalized spacial score (nSPS) is 11.6. The van der Waals surface area contributed by atoms with Gasteiger partial charge in [0.25, 0.3) is 0 Å². The number of anilines is 1. The first kappa shape index (κ1) is 16.0. The summed E-state index contributed by atoms with van der Waals surface area (Å²) < 4.78 is 9.98. The van der Waals surface area contributed by atoms with E-state index in [0.717, 1.165) is 0 Å². The molecule has 0 aliphatic heterocycles. The van der Waals surface area contributed by atoms with Gasteiger partial charge in [-0.05, 0) is 32.9 Å². The lowest BCUT2D eigenvalue weighted by molar-refractivity contribution is -0.143. The fourth-order valence-electron chi connectivity index (χ4n) is 1.87. The number of ether oxygens (including phenoxy) is 2. The van der Waals surface area contributed by atoms with Gasteiger partial charge in [0.2, 0.25) is 0 Å². The molecule has 1 atom stereocenters. The Morgan fingerprint density at radius 1 is 1.10 bits per heavy atom. The summed E-state index contributed by atoms with van der Waals surface area (Å²) >= 11 is 0. The van der Waals surface area contributed by atoms with Gasteiger partial charge in [0, 0.05) is 11.7 Å². The molecule has 0 spiro atoms. The Balaban J connectivity index is 2.87. The monoisotopic (exact) mass is 279 g/mol. The van der Waals surface area contributed by atoms with Crippen LogP contribution in [0.15, 0.2) is 30.3 Å². The third-order valence-corrected chi connectivity index (χ3v) is 2.71. The zero-order chi connectivity index (χ0) is 15.0. The van der Waals surface area contributed by atoms with Gasteiger partial charge < -0.3 is 9.47 Å². The number of para-hydroxylation sites is 1. The van der Waals surface area contributed by atoms with Crippen molar-refractivity contribution in [2.45, 2.75) is 33.2 Å². The number of rotatable bonds is 6. The van der Waals surface area contributed by atoms with Crippen molar-refractivity contribution >= 4 is 17.7 Å². The highest BCUT2D eigenvalue weighted by Gasteiger charge is 2.25. The van der Waals surface area contributed by atoms with E-state index in [4.69, 9.17) is 9.47 Å². The summed E-state index contributed by atoms with van der Waals surface area (Å²) in [7, 11) is 0. The maximum atomic E-state index is 12.1. The Morgan fingerprint density at radius 2 is 1.70 bits per heavy atom. The van der Waals surface area contributed by atoms with E-state index in [1.54, 1.807) is 32.9 Å². The van der Waals surface area contributed by atoms with E-state index >= 15 is 0 Å². The molecular weight excluding hydrogens is 258 g/mol. The Labute approximate surface area is 119 Å². The second-order valence-corrected chi connectivity index (χ2v) is 4.26. The number of amides is 1. The van der Waals surface area contributed by atoms with Crippen LogP contribution in [0.3, 0.4) is 0 Å². The molecular formula is C15H21NO4. The molecule has 0 N–H and O–H groups in total. The van der Waals surface area contributed by atoms with Crippen LogP contribution in [0.1, 0.15) is 27.2 Å². The molecule has 0 heterocycles. The lowest BCUT2D eigenvalue weighted by Crippen LogP contribution is -2.40. The molecule has 0 aromatic heterocycles. The van der Waals surface area contributed by atoms with Gasteiger partial charge >= 0.3 is 12.1 Å². The van der Waals surface area contributed by atoms with Gasteiger partial charge in [-0.3, -0.25) is 9.69 Å². The van der Waals surface area contributed by atoms with Gasteiger partial charge in [-0.25, -0.2) is 4.79 Å². The van der Waals surface area contributed by atoms with E-state index < -0.39 is 6.09 Å². The average molecular weight is 279 g/mol. The predicted octanol–water partition coefficient (Wildman–Crippen LogP) is 2.99. The van der Waals surface area contributed by atoms with E-state index in [0.29, 0.717) is 12.3 Å². The molecule has 0 fully saturated rings. The summed E-state index contributed by atoms with van der Waals surface area (Å²) in [5.41, 5.74) is 0.697. The Hall–Kier alpha value is -2.04. The first-order valence-electron chi connectivity index (χ1n) is 6.76. The summed E-state index contributed by atoms with van der Waals surface area (Å²) in [6.45, 7) is 5.91. The SMILES string of the molecule is CCOC(=O)CC(C)N(C(=O)OCC)c1ccccc1. The summed E-state index contributed by atoms with van der Waals surface area (Å²) in [5, 5.41) is 0. The van der Waals surface area contributed by atoms with Gasteiger partial charge in [0.15, 0.2) is 0 Å². The smallest absolute Gasteiger partial charge is 0.414 e. The summed E-state index contributed by atoms with van der Waals surface area (Å²) in [6, 6.07) is 8.80. The van der Waals surface area contributed by atoms with Crippen molar-refractivity contribution in [2.75, 3.05) is 18.1 Å². The highest BCUT2D eigenvalue weighted by atomic mass is 16.6. The minimum atomic E-state index is -0.463. The molecule has 5 nitrogen and oxygen atoms in total. The number of carbonyl (C=O) groups excluding carboxylic acids is 2. The molecule has 110 valence electrons. The van der Waals surface area contributed by atoms with Gasteiger partial charge in [-0.1, -0.05) is 18.2 Å².